The molecule has 1 heterocycles. The zero-order chi connectivity index (χ0) is 12.5. The molecule has 0 aliphatic carbocycles. The maximum absolute atomic E-state index is 3.92. The largest absolute Gasteiger partial charge is 0.315 e. The van der Waals surface area contributed by atoms with E-state index in [9.17, 15) is 0 Å². The molecule has 7 heteroatoms. The van der Waals surface area contributed by atoms with Crippen LogP contribution in [0.1, 0.15) is 13.8 Å². The molecule has 1 aromatic rings. The molecule has 0 atom stereocenters. The first-order valence-electron chi connectivity index (χ1n) is 6.06. The standard InChI is InChI=1S/C10H22N6S/c1-4-16(5-2)8-6-11-7-9-17-10-12-13-14-15(10)3/h11H,4-9H2,1-3H3. The van der Waals surface area contributed by atoms with Crippen LogP contribution in [0.15, 0.2) is 5.16 Å². The quantitative estimate of drug-likeness (QED) is 0.505. The smallest absolute Gasteiger partial charge is 0.209 e. The molecule has 0 saturated carbocycles. The Hall–Kier alpha value is -0.660. The van der Waals surface area contributed by atoms with Gasteiger partial charge in [-0.3, -0.25) is 0 Å². The van der Waals surface area contributed by atoms with Crippen LogP contribution in [0.2, 0.25) is 0 Å². The average molecular weight is 258 g/mol. The first-order chi connectivity index (χ1) is 8.27. The first-order valence-corrected chi connectivity index (χ1v) is 7.04. The topological polar surface area (TPSA) is 58.9 Å². The van der Waals surface area contributed by atoms with Crippen molar-refractivity contribution in [2.24, 2.45) is 7.05 Å². The van der Waals surface area contributed by atoms with E-state index in [-0.39, 0.29) is 0 Å². The Morgan fingerprint density at radius 1 is 1.29 bits per heavy atom. The monoisotopic (exact) mass is 258 g/mol. The molecule has 0 aliphatic rings. The van der Waals surface area contributed by atoms with Gasteiger partial charge in [-0.2, -0.15) is 0 Å². The van der Waals surface area contributed by atoms with E-state index >= 15 is 0 Å². The summed E-state index contributed by atoms with van der Waals surface area (Å²) in [4.78, 5) is 2.41. The predicted octanol–water partition coefficient (Wildman–Crippen LogP) is 0.234. The van der Waals surface area contributed by atoms with Gasteiger partial charge in [0.2, 0.25) is 5.16 Å². The Labute approximate surface area is 107 Å². The van der Waals surface area contributed by atoms with Crippen LogP contribution in [0.4, 0.5) is 0 Å². The molecule has 0 bridgehead atoms. The van der Waals surface area contributed by atoms with E-state index in [0.717, 1.165) is 43.6 Å². The van der Waals surface area contributed by atoms with Crippen LogP contribution < -0.4 is 5.32 Å². The van der Waals surface area contributed by atoms with Gasteiger partial charge in [-0.15, -0.1) is 5.10 Å². The molecule has 0 aromatic carbocycles. The highest BCUT2D eigenvalue weighted by Crippen LogP contribution is 2.10. The second-order valence-corrected chi connectivity index (χ2v) is 4.77. The van der Waals surface area contributed by atoms with Gasteiger partial charge in [0, 0.05) is 32.4 Å². The Kier molecular flexibility index (Phi) is 7.14. The fraction of sp³-hybridized carbons (Fsp3) is 0.900. The minimum atomic E-state index is 0.871. The lowest BCUT2D eigenvalue weighted by Gasteiger charge is -2.17. The molecule has 6 nitrogen and oxygen atoms in total. The van der Waals surface area contributed by atoms with Crippen molar-refractivity contribution in [2.45, 2.75) is 19.0 Å². The number of thioether (sulfide) groups is 1. The molecule has 0 radical (unpaired) electrons. The third-order valence-corrected chi connectivity index (χ3v) is 3.60. The fourth-order valence-corrected chi connectivity index (χ4v) is 2.21. The summed E-state index contributed by atoms with van der Waals surface area (Å²) in [5, 5.41) is 15.6. The van der Waals surface area contributed by atoms with Crippen LogP contribution in [-0.4, -0.2) is 63.6 Å². The maximum Gasteiger partial charge on any atom is 0.209 e. The zero-order valence-electron chi connectivity index (χ0n) is 10.9. The maximum atomic E-state index is 3.92. The number of nitrogens with zero attached hydrogens (tertiary/aromatic N) is 5. The number of aromatic nitrogens is 4. The number of tetrazole rings is 1. The lowest BCUT2D eigenvalue weighted by atomic mass is 10.4. The van der Waals surface area contributed by atoms with Crippen molar-refractivity contribution in [3.05, 3.63) is 0 Å². The van der Waals surface area contributed by atoms with E-state index in [1.165, 1.54) is 0 Å². The molecule has 0 amide bonds. The van der Waals surface area contributed by atoms with E-state index in [2.05, 4.69) is 39.6 Å². The van der Waals surface area contributed by atoms with Crippen molar-refractivity contribution >= 4 is 11.8 Å². The lowest BCUT2D eigenvalue weighted by molar-refractivity contribution is 0.303. The molecule has 1 rings (SSSR count). The molecular weight excluding hydrogens is 236 g/mol. The van der Waals surface area contributed by atoms with Crippen molar-refractivity contribution < 1.29 is 0 Å². The molecule has 0 unspecified atom stereocenters. The molecule has 0 spiro atoms. The number of aryl methyl sites for hydroxylation is 1. The molecule has 0 aliphatic heterocycles. The van der Waals surface area contributed by atoms with Gasteiger partial charge in [-0.05, 0) is 23.5 Å². The molecular formula is C10H22N6S. The molecule has 0 fully saturated rings. The van der Waals surface area contributed by atoms with E-state index in [4.69, 9.17) is 0 Å². The van der Waals surface area contributed by atoms with E-state index in [1.807, 2.05) is 7.05 Å². The summed E-state index contributed by atoms with van der Waals surface area (Å²) in [6, 6.07) is 0. The Morgan fingerprint density at radius 3 is 2.65 bits per heavy atom. The summed E-state index contributed by atoms with van der Waals surface area (Å²) in [6.45, 7) is 9.78. The van der Waals surface area contributed by atoms with Gasteiger partial charge in [-0.1, -0.05) is 25.6 Å². The third kappa shape index (κ3) is 5.47. The van der Waals surface area contributed by atoms with Gasteiger partial charge in [0.25, 0.3) is 0 Å². The van der Waals surface area contributed by atoms with Gasteiger partial charge < -0.3 is 10.2 Å². The van der Waals surface area contributed by atoms with Crippen LogP contribution in [-0.2, 0) is 7.05 Å². The van der Waals surface area contributed by atoms with Crippen molar-refractivity contribution in [1.29, 1.82) is 0 Å². The number of rotatable bonds is 9. The van der Waals surface area contributed by atoms with Crippen LogP contribution in [0, 0.1) is 0 Å². The molecule has 1 aromatic heterocycles. The van der Waals surface area contributed by atoms with Crippen LogP contribution in [0.3, 0.4) is 0 Å². The van der Waals surface area contributed by atoms with E-state index < -0.39 is 0 Å². The van der Waals surface area contributed by atoms with E-state index in [0.29, 0.717) is 0 Å². The summed E-state index contributed by atoms with van der Waals surface area (Å²) in [5.41, 5.74) is 0. The lowest BCUT2D eigenvalue weighted by Crippen LogP contribution is -2.32. The van der Waals surface area contributed by atoms with E-state index in [1.54, 1.807) is 16.4 Å². The second-order valence-electron chi connectivity index (χ2n) is 3.71. The first kappa shape index (κ1) is 14.4. The van der Waals surface area contributed by atoms with Crippen molar-refractivity contribution in [1.82, 2.24) is 30.4 Å². The molecule has 17 heavy (non-hydrogen) atoms. The van der Waals surface area contributed by atoms with Crippen LogP contribution in [0.5, 0.6) is 0 Å². The van der Waals surface area contributed by atoms with Crippen LogP contribution in [0.25, 0.3) is 0 Å². The highest BCUT2D eigenvalue weighted by Gasteiger charge is 2.02. The highest BCUT2D eigenvalue weighted by atomic mass is 32.2. The number of nitrogens with one attached hydrogen (secondary N) is 1. The number of likely N-dealkylation sites (N-methyl/N-ethyl adjacent to an activating group) is 1. The fourth-order valence-electron chi connectivity index (χ4n) is 1.46. The number of hydrogen-bond donors (Lipinski definition) is 1. The minimum absolute atomic E-state index is 0.871. The Balaban J connectivity index is 2.00. The van der Waals surface area contributed by atoms with Gasteiger partial charge in [0.05, 0.1) is 0 Å². The summed E-state index contributed by atoms with van der Waals surface area (Å²) in [7, 11) is 1.86. The predicted molar refractivity (Wildman–Crippen MR) is 70.2 cm³/mol. The Morgan fingerprint density at radius 2 is 2.06 bits per heavy atom. The minimum Gasteiger partial charge on any atom is -0.315 e. The van der Waals surface area contributed by atoms with Crippen LogP contribution >= 0.6 is 11.8 Å². The van der Waals surface area contributed by atoms with Gasteiger partial charge in [0.1, 0.15) is 0 Å². The summed E-state index contributed by atoms with van der Waals surface area (Å²) >= 11 is 1.67. The summed E-state index contributed by atoms with van der Waals surface area (Å²) < 4.78 is 1.70. The van der Waals surface area contributed by atoms with Gasteiger partial charge >= 0.3 is 0 Å². The van der Waals surface area contributed by atoms with Crippen molar-refractivity contribution in [3.8, 4) is 0 Å². The van der Waals surface area contributed by atoms with Crippen molar-refractivity contribution in [3.63, 3.8) is 0 Å². The average Bonchev–Trinajstić information content (AvgIpc) is 2.74. The highest BCUT2D eigenvalue weighted by molar-refractivity contribution is 7.99. The molecule has 1 N–H and O–H groups in total. The molecule has 0 saturated heterocycles. The summed E-state index contributed by atoms with van der Waals surface area (Å²) in [6.07, 6.45) is 0. The normalized spacial score (nSPS) is 11.3. The molecule has 98 valence electrons. The SMILES string of the molecule is CCN(CC)CCNCCSc1nnnn1C. The second kappa shape index (κ2) is 8.43. The van der Waals surface area contributed by atoms with Gasteiger partial charge in [0.15, 0.2) is 0 Å². The zero-order valence-corrected chi connectivity index (χ0v) is 11.7. The third-order valence-electron chi connectivity index (χ3n) is 2.59. The summed E-state index contributed by atoms with van der Waals surface area (Å²) in [5.74, 6) is 0.993. The number of hydrogen-bond acceptors (Lipinski definition) is 6. The van der Waals surface area contributed by atoms with Gasteiger partial charge in [-0.25, -0.2) is 4.68 Å². The Bertz CT molecular complexity index is 299. The van der Waals surface area contributed by atoms with Crippen molar-refractivity contribution in [2.75, 3.05) is 38.5 Å².